The van der Waals surface area contributed by atoms with E-state index in [1.54, 1.807) is 13.8 Å². The summed E-state index contributed by atoms with van der Waals surface area (Å²) in [4.78, 5) is 22.1. The molecule has 4 rings (SSSR count). The van der Waals surface area contributed by atoms with Crippen LogP contribution < -0.4 is 0 Å². The van der Waals surface area contributed by atoms with E-state index in [9.17, 15) is 19.8 Å². The molecule has 0 fully saturated rings. The van der Waals surface area contributed by atoms with E-state index in [2.05, 4.69) is 10.2 Å². The first kappa shape index (κ1) is 20.7. The number of aromatic nitrogens is 4. The lowest BCUT2D eigenvalue weighted by Crippen LogP contribution is -1.99. The molecule has 0 amide bonds. The number of aromatic hydroxyl groups is 2. The number of carbonyl (C=O) groups is 2. The summed E-state index contributed by atoms with van der Waals surface area (Å²) in [5, 5.41) is 48.6. The van der Waals surface area contributed by atoms with E-state index in [0.29, 0.717) is 22.8 Å². The molecule has 0 spiro atoms. The second-order valence-electron chi connectivity index (χ2n) is 7.10. The van der Waals surface area contributed by atoms with Gasteiger partial charge in [-0.15, -0.1) is 0 Å². The van der Waals surface area contributed by atoms with Crippen LogP contribution in [0.5, 0.6) is 11.8 Å². The van der Waals surface area contributed by atoms with Crippen molar-refractivity contribution in [2.45, 2.75) is 13.8 Å². The molecular weight excluding hydrogens is 416 g/mol. The number of hydrogen-bond donors (Lipinski definition) is 4. The SMILES string of the molecule is Cc1nn(-c2ccc(C(=O)O)cc2)c(O)c1-c1c(C)nn(-c2ccc(C(=O)O)cc2)c1O. The molecule has 10 heteroatoms. The Labute approximate surface area is 181 Å². The Morgan fingerprint density at radius 1 is 0.656 bits per heavy atom. The first-order valence-corrected chi connectivity index (χ1v) is 9.44. The van der Waals surface area contributed by atoms with Crippen LogP contribution in [0.1, 0.15) is 32.1 Å². The highest BCUT2D eigenvalue weighted by Gasteiger charge is 2.26. The monoisotopic (exact) mass is 434 g/mol. The van der Waals surface area contributed by atoms with Gasteiger partial charge in [0.15, 0.2) is 0 Å². The van der Waals surface area contributed by atoms with Gasteiger partial charge in [0.25, 0.3) is 0 Å². The molecule has 0 aliphatic rings. The number of rotatable bonds is 5. The summed E-state index contributed by atoms with van der Waals surface area (Å²) in [6.45, 7) is 3.32. The van der Waals surface area contributed by atoms with Crippen LogP contribution in [0.15, 0.2) is 48.5 Å². The first-order chi connectivity index (χ1) is 15.2. The van der Waals surface area contributed by atoms with Gasteiger partial charge in [0.1, 0.15) is 0 Å². The largest absolute Gasteiger partial charge is 0.493 e. The number of carboxylic acids is 2. The van der Waals surface area contributed by atoms with Crippen molar-refractivity contribution in [2.75, 3.05) is 0 Å². The van der Waals surface area contributed by atoms with Gasteiger partial charge in [0.05, 0.1) is 45.0 Å². The second-order valence-corrected chi connectivity index (χ2v) is 7.10. The minimum atomic E-state index is -1.07. The van der Waals surface area contributed by atoms with Gasteiger partial charge in [-0.05, 0) is 62.4 Å². The maximum Gasteiger partial charge on any atom is 0.335 e. The summed E-state index contributed by atoms with van der Waals surface area (Å²) in [6, 6.07) is 11.6. The van der Waals surface area contributed by atoms with E-state index >= 15 is 0 Å². The maximum atomic E-state index is 11.1. The highest BCUT2D eigenvalue weighted by Crippen LogP contribution is 2.41. The van der Waals surface area contributed by atoms with E-state index in [1.165, 1.54) is 57.9 Å². The molecule has 0 aliphatic carbocycles. The maximum absolute atomic E-state index is 11.1. The number of benzene rings is 2. The van der Waals surface area contributed by atoms with Gasteiger partial charge in [-0.2, -0.15) is 10.2 Å². The number of hydrogen-bond acceptors (Lipinski definition) is 6. The summed E-state index contributed by atoms with van der Waals surface area (Å²) in [7, 11) is 0. The quantitative estimate of drug-likeness (QED) is 0.374. The Bertz CT molecular complexity index is 1250. The van der Waals surface area contributed by atoms with Gasteiger partial charge < -0.3 is 20.4 Å². The van der Waals surface area contributed by atoms with Crippen LogP contribution in [0.3, 0.4) is 0 Å². The number of aryl methyl sites for hydroxylation is 2. The lowest BCUT2D eigenvalue weighted by molar-refractivity contribution is 0.0686. The number of carboxylic acid groups (broad SMARTS) is 2. The Morgan fingerprint density at radius 3 is 1.25 bits per heavy atom. The fourth-order valence-corrected chi connectivity index (χ4v) is 3.47. The van der Waals surface area contributed by atoms with Crippen molar-refractivity contribution in [3.05, 3.63) is 71.0 Å². The summed E-state index contributed by atoms with van der Waals surface area (Å²) in [5.74, 6) is -2.63. The van der Waals surface area contributed by atoms with Crippen molar-refractivity contribution in [3.63, 3.8) is 0 Å². The zero-order valence-electron chi connectivity index (χ0n) is 17.0. The molecule has 0 bridgehead atoms. The van der Waals surface area contributed by atoms with E-state index in [1.807, 2.05) is 0 Å². The average Bonchev–Trinajstić information content (AvgIpc) is 3.22. The van der Waals surface area contributed by atoms with Crippen LogP contribution in [-0.2, 0) is 0 Å². The molecular formula is C22H18N4O6. The Kier molecular flexibility index (Phi) is 4.90. The predicted octanol–water partition coefficient (Wildman–Crippen LogP) is 3.15. The third kappa shape index (κ3) is 3.33. The van der Waals surface area contributed by atoms with E-state index in [4.69, 9.17) is 10.2 Å². The predicted molar refractivity (Wildman–Crippen MR) is 113 cm³/mol. The molecule has 0 unspecified atom stereocenters. The van der Waals surface area contributed by atoms with Crippen molar-refractivity contribution < 1.29 is 30.0 Å². The number of nitrogens with zero attached hydrogens (tertiary/aromatic N) is 4. The van der Waals surface area contributed by atoms with Crippen molar-refractivity contribution >= 4 is 11.9 Å². The molecule has 2 aromatic heterocycles. The van der Waals surface area contributed by atoms with Gasteiger partial charge in [-0.1, -0.05) is 0 Å². The van der Waals surface area contributed by atoms with Crippen molar-refractivity contribution in [1.29, 1.82) is 0 Å². The lowest BCUT2D eigenvalue weighted by atomic mass is 10.1. The van der Waals surface area contributed by atoms with Crippen LogP contribution in [0.25, 0.3) is 22.5 Å². The Balaban J connectivity index is 1.79. The molecule has 162 valence electrons. The fourth-order valence-electron chi connectivity index (χ4n) is 3.47. The summed E-state index contributed by atoms with van der Waals surface area (Å²) in [5.41, 5.74) is 2.47. The van der Waals surface area contributed by atoms with Crippen LogP contribution in [0.4, 0.5) is 0 Å². The molecule has 0 radical (unpaired) electrons. The van der Waals surface area contributed by atoms with Crippen molar-refractivity contribution in [1.82, 2.24) is 19.6 Å². The normalized spacial score (nSPS) is 10.9. The molecule has 0 saturated carbocycles. The zero-order chi connectivity index (χ0) is 23.2. The lowest BCUT2D eigenvalue weighted by Gasteiger charge is -2.06. The third-order valence-electron chi connectivity index (χ3n) is 5.04. The smallest absolute Gasteiger partial charge is 0.335 e. The molecule has 10 nitrogen and oxygen atoms in total. The topological polar surface area (TPSA) is 151 Å². The number of aromatic carboxylic acids is 2. The van der Waals surface area contributed by atoms with Gasteiger partial charge in [0, 0.05) is 0 Å². The third-order valence-corrected chi connectivity index (χ3v) is 5.04. The fraction of sp³-hybridized carbons (Fsp3) is 0.0909. The second kappa shape index (κ2) is 7.58. The van der Waals surface area contributed by atoms with E-state index in [0.717, 1.165) is 0 Å². The first-order valence-electron chi connectivity index (χ1n) is 9.44. The summed E-state index contributed by atoms with van der Waals surface area (Å²) in [6.07, 6.45) is 0. The minimum absolute atomic E-state index is 0.0982. The van der Waals surface area contributed by atoms with E-state index < -0.39 is 11.9 Å². The van der Waals surface area contributed by atoms with Crippen LogP contribution in [0, 0.1) is 13.8 Å². The van der Waals surface area contributed by atoms with E-state index in [-0.39, 0.29) is 34.0 Å². The van der Waals surface area contributed by atoms with Crippen molar-refractivity contribution in [3.8, 4) is 34.3 Å². The van der Waals surface area contributed by atoms with Gasteiger partial charge >= 0.3 is 11.9 Å². The van der Waals surface area contributed by atoms with Gasteiger partial charge in [-0.3, -0.25) is 0 Å². The molecule has 0 saturated heterocycles. The summed E-state index contributed by atoms with van der Waals surface area (Å²) < 4.78 is 2.49. The average molecular weight is 434 g/mol. The molecule has 4 aromatic rings. The molecule has 32 heavy (non-hydrogen) atoms. The van der Waals surface area contributed by atoms with Gasteiger partial charge in [-0.25, -0.2) is 19.0 Å². The highest BCUT2D eigenvalue weighted by molar-refractivity contribution is 5.88. The molecule has 2 heterocycles. The Morgan fingerprint density at radius 2 is 0.969 bits per heavy atom. The Hall–Kier alpha value is -4.60. The summed E-state index contributed by atoms with van der Waals surface area (Å²) >= 11 is 0. The minimum Gasteiger partial charge on any atom is -0.493 e. The zero-order valence-corrected chi connectivity index (χ0v) is 17.0. The highest BCUT2D eigenvalue weighted by atomic mass is 16.4. The molecule has 0 atom stereocenters. The molecule has 4 N–H and O–H groups in total. The van der Waals surface area contributed by atoms with Crippen LogP contribution >= 0.6 is 0 Å². The standard InChI is InChI=1S/C22H18N4O6/c1-11-17(19(27)25(23-11)15-7-3-13(4-8-15)21(29)30)18-12(2)24-26(20(18)28)16-9-5-14(6-10-16)22(31)32/h3-10,27-28H,1-2H3,(H,29,30)(H,31,32). The van der Waals surface area contributed by atoms with Gasteiger partial charge in [0.2, 0.25) is 11.8 Å². The van der Waals surface area contributed by atoms with Crippen LogP contribution in [-0.4, -0.2) is 51.9 Å². The van der Waals surface area contributed by atoms with Crippen molar-refractivity contribution in [2.24, 2.45) is 0 Å². The molecule has 2 aromatic carbocycles. The van der Waals surface area contributed by atoms with Crippen LogP contribution in [0.2, 0.25) is 0 Å². The molecule has 0 aliphatic heterocycles.